The highest BCUT2D eigenvalue weighted by atomic mass is 16.5. The zero-order chi connectivity index (χ0) is 23.1. The van der Waals surface area contributed by atoms with Crippen molar-refractivity contribution in [3.8, 4) is 11.5 Å². The number of aromatic hydroxyl groups is 1. The Morgan fingerprint density at radius 2 is 1.84 bits per heavy atom. The van der Waals surface area contributed by atoms with Crippen LogP contribution in [0.5, 0.6) is 11.5 Å². The van der Waals surface area contributed by atoms with Crippen molar-refractivity contribution in [3.63, 3.8) is 0 Å². The maximum atomic E-state index is 12.7. The number of aromatic nitrogens is 2. The van der Waals surface area contributed by atoms with E-state index in [-0.39, 0.29) is 24.2 Å². The number of nitrogens with zero attached hydrogens (tertiary/aromatic N) is 1. The number of hydrogen-bond donors (Lipinski definition) is 2. The molecule has 0 unspecified atom stereocenters. The predicted molar refractivity (Wildman–Crippen MR) is 114 cm³/mol. The van der Waals surface area contributed by atoms with Gasteiger partial charge < -0.3 is 24.3 Å². The molecule has 0 spiro atoms. The molecule has 0 fully saturated rings. The molecule has 0 saturated heterocycles. The maximum absolute atomic E-state index is 12.7. The van der Waals surface area contributed by atoms with Crippen LogP contribution in [-0.2, 0) is 20.9 Å². The number of rotatable bonds is 8. The molecule has 0 amide bonds. The first-order chi connectivity index (χ1) is 15.5. The van der Waals surface area contributed by atoms with Crippen LogP contribution in [0.2, 0.25) is 0 Å². The van der Waals surface area contributed by atoms with E-state index in [1.165, 1.54) is 7.11 Å². The number of carbonyl (C=O) groups excluding carboxylic acids is 2. The average Bonchev–Trinajstić information content (AvgIpc) is 2.82. The Morgan fingerprint density at radius 3 is 2.53 bits per heavy atom. The molecule has 2 heterocycles. The summed E-state index contributed by atoms with van der Waals surface area (Å²) in [6, 6.07) is 12.2. The fraction of sp³-hybridized carbons (Fsp3) is 0.217. The third-order valence-electron chi connectivity index (χ3n) is 4.85. The van der Waals surface area contributed by atoms with E-state index in [1.54, 1.807) is 42.6 Å². The van der Waals surface area contributed by atoms with E-state index in [2.05, 4.69) is 14.7 Å². The topological polar surface area (TPSA) is 128 Å². The van der Waals surface area contributed by atoms with Crippen molar-refractivity contribution in [2.45, 2.75) is 18.9 Å². The Kier molecular flexibility index (Phi) is 7.22. The fourth-order valence-electron chi connectivity index (χ4n) is 3.28. The summed E-state index contributed by atoms with van der Waals surface area (Å²) in [5, 5.41) is 10.8. The van der Waals surface area contributed by atoms with Gasteiger partial charge in [-0.25, -0.2) is 4.79 Å². The summed E-state index contributed by atoms with van der Waals surface area (Å²) in [7, 11) is 2.37. The summed E-state index contributed by atoms with van der Waals surface area (Å²) in [6.07, 6.45) is 2.42. The lowest BCUT2D eigenvalue weighted by molar-refractivity contribution is -0.140. The van der Waals surface area contributed by atoms with Crippen molar-refractivity contribution in [1.82, 2.24) is 9.97 Å². The summed E-state index contributed by atoms with van der Waals surface area (Å²) in [4.78, 5) is 43.6. The van der Waals surface area contributed by atoms with Gasteiger partial charge in [0.25, 0.3) is 5.56 Å². The highest BCUT2D eigenvalue weighted by molar-refractivity contribution is 5.92. The summed E-state index contributed by atoms with van der Waals surface area (Å²) >= 11 is 0. The quantitative estimate of drug-likeness (QED) is 0.514. The number of para-hydroxylation sites is 1. The Labute approximate surface area is 183 Å². The van der Waals surface area contributed by atoms with E-state index in [1.807, 2.05) is 6.07 Å². The van der Waals surface area contributed by atoms with Crippen molar-refractivity contribution in [1.29, 1.82) is 0 Å². The number of pyridine rings is 2. The van der Waals surface area contributed by atoms with E-state index in [9.17, 15) is 19.5 Å². The molecule has 32 heavy (non-hydrogen) atoms. The number of hydrogen-bond acceptors (Lipinski definition) is 8. The molecule has 9 nitrogen and oxygen atoms in total. The lowest BCUT2D eigenvalue weighted by Gasteiger charge is -2.21. The van der Waals surface area contributed by atoms with Crippen molar-refractivity contribution >= 4 is 11.9 Å². The standard InChI is InChI=1S/C23H22N2O7/c1-30-19(26)11-16(20-21(27)17(23(29)31-2)12-25-22(20)28)15-8-3-4-9-18(15)32-13-14-7-5-6-10-24-14/h3-10,12,16H,11,13H2,1-2H3,(H2,25,27,28)/t16-/m1/s1. The van der Waals surface area contributed by atoms with Crippen LogP contribution in [0, 0.1) is 0 Å². The lowest BCUT2D eigenvalue weighted by Crippen LogP contribution is -2.22. The van der Waals surface area contributed by atoms with Crippen molar-refractivity contribution in [3.05, 3.63) is 87.6 Å². The molecule has 3 aromatic rings. The fourth-order valence-corrected chi connectivity index (χ4v) is 3.28. The van der Waals surface area contributed by atoms with E-state index < -0.39 is 29.2 Å². The molecule has 0 aliphatic heterocycles. The van der Waals surface area contributed by atoms with Crippen LogP contribution in [0.3, 0.4) is 0 Å². The van der Waals surface area contributed by atoms with Gasteiger partial charge in [-0.3, -0.25) is 14.6 Å². The van der Waals surface area contributed by atoms with Gasteiger partial charge in [0.2, 0.25) is 0 Å². The van der Waals surface area contributed by atoms with Crippen molar-refractivity contribution < 1.29 is 28.9 Å². The molecule has 166 valence electrons. The van der Waals surface area contributed by atoms with Crippen LogP contribution in [0.1, 0.15) is 39.5 Å². The normalized spacial score (nSPS) is 11.4. The van der Waals surface area contributed by atoms with Crippen LogP contribution in [0.15, 0.2) is 59.7 Å². The largest absolute Gasteiger partial charge is 0.506 e. The first-order valence-corrected chi connectivity index (χ1v) is 9.67. The van der Waals surface area contributed by atoms with Gasteiger partial charge in [-0.05, 0) is 18.2 Å². The predicted octanol–water partition coefficient (Wildman–Crippen LogP) is 2.54. The maximum Gasteiger partial charge on any atom is 0.343 e. The van der Waals surface area contributed by atoms with Gasteiger partial charge in [0, 0.05) is 23.9 Å². The van der Waals surface area contributed by atoms with Gasteiger partial charge in [-0.2, -0.15) is 0 Å². The summed E-state index contributed by atoms with van der Waals surface area (Å²) in [6.45, 7) is 0.146. The lowest BCUT2D eigenvalue weighted by atomic mass is 9.87. The molecule has 0 bridgehead atoms. The number of carbonyl (C=O) groups is 2. The zero-order valence-electron chi connectivity index (χ0n) is 17.5. The molecular weight excluding hydrogens is 416 g/mol. The molecule has 2 N–H and O–H groups in total. The number of benzene rings is 1. The molecule has 0 aliphatic carbocycles. The van der Waals surface area contributed by atoms with Crippen molar-refractivity contribution in [2.75, 3.05) is 14.2 Å². The molecule has 0 saturated carbocycles. The molecule has 2 aromatic heterocycles. The molecule has 0 aliphatic rings. The monoisotopic (exact) mass is 438 g/mol. The first-order valence-electron chi connectivity index (χ1n) is 9.67. The van der Waals surface area contributed by atoms with Gasteiger partial charge in [-0.15, -0.1) is 0 Å². The van der Waals surface area contributed by atoms with Crippen LogP contribution < -0.4 is 10.3 Å². The number of aromatic amines is 1. The molecule has 0 radical (unpaired) electrons. The molecular formula is C23H22N2O7. The minimum Gasteiger partial charge on any atom is -0.506 e. The second-order valence-corrected chi connectivity index (χ2v) is 6.77. The molecule has 3 rings (SSSR count). The number of nitrogens with one attached hydrogen (secondary N) is 1. The van der Waals surface area contributed by atoms with Crippen molar-refractivity contribution in [2.24, 2.45) is 0 Å². The van der Waals surface area contributed by atoms with E-state index in [4.69, 9.17) is 9.47 Å². The van der Waals surface area contributed by atoms with Crippen LogP contribution in [0.4, 0.5) is 0 Å². The summed E-state index contributed by atoms with van der Waals surface area (Å²) < 4.78 is 15.4. The minimum absolute atomic E-state index is 0.146. The number of H-pyrrole nitrogens is 1. The second kappa shape index (κ2) is 10.3. The SMILES string of the molecule is COC(=O)C[C@H](c1ccccc1OCc1ccccn1)c1c(O)c(C(=O)OC)c[nH]c1=O. The van der Waals surface area contributed by atoms with E-state index >= 15 is 0 Å². The second-order valence-electron chi connectivity index (χ2n) is 6.77. The smallest absolute Gasteiger partial charge is 0.343 e. The molecule has 9 heteroatoms. The zero-order valence-corrected chi connectivity index (χ0v) is 17.5. The third kappa shape index (κ3) is 4.94. The van der Waals surface area contributed by atoms with Gasteiger partial charge >= 0.3 is 11.9 Å². The van der Waals surface area contributed by atoms with Gasteiger partial charge in [0.1, 0.15) is 23.7 Å². The number of esters is 2. The Morgan fingerprint density at radius 1 is 1.09 bits per heavy atom. The first kappa shape index (κ1) is 22.5. The Balaban J connectivity index is 2.09. The highest BCUT2D eigenvalue weighted by Gasteiger charge is 2.30. The third-order valence-corrected chi connectivity index (χ3v) is 4.85. The van der Waals surface area contributed by atoms with E-state index in [0.29, 0.717) is 17.0 Å². The van der Waals surface area contributed by atoms with Crippen LogP contribution in [0.25, 0.3) is 0 Å². The number of methoxy groups -OCH3 is 2. The Bertz CT molecular complexity index is 1160. The summed E-state index contributed by atoms with van der Waals surface area (Å²) in [5.41, 5.74) is 0.0662. The van der Waals surface area contributed by atoms with Crippen LogP contribution in [-0.4, -0.2) is 41.2 Å². The van der Waals surface area contributed by atoms with Gasteiger partial charge in [0.05, 0.1) is 31.9 Å². The highest BCUT2D eigenvalue weighted by Crippen LogP contribution is 2.38. The van der Waals surface area contributed by atoms with Gasteiger partial charge in [0.15, 0.2) is 0 Å². The van der Waals surface area contributed by atoms with Gasteiger partial charge in [-0.1, -0.05) is 24.3 Å². The summed E-state index contributed by atoms with van der Waals surface area (Å²) in [5.74, 6) is -2.60. The van der Waals surface area contributed by atoms with Crippen LogP contribution >= 0.6 is 0 Å². The number of ether oxygens (including phenoxy) is 3. The molecule has 1 aromatic carbocycles. The average molecular weight is 438 g/mol. The van der Waals surface area contributed by atoms with E-state index in [0.717, 1.165) is 13.3 Å². The molecule has 1 atom stereocenters. The Hall–Kier alpha value is -4.14. The minimum atomic E-state index is -0.962.